The number of piperazine rings is 1. The van der Waals surface area contributed by atoms with Crippen molar-refractivity contribution in [3.05, 3.63) is 28.8 Å². The molecule has 1 aromatic carbocycles. The molecule has 4 nitrogen and oxygen atoms in total. The third kappa shape index (κ3) is 2.22. The van der Waals surface area contributed by atoms with E-state index in [1.54, 1.807) is 17.9 Å². The van der Waals surface area contributed by atoms with Crippen LogP contribution in [0.1, 0.15) is 32.3 Å². The van der Waals surface area contributed by atoms with Crippen molar-refractivity contribution in [1.29, 1.82) is 0 Å². The van der Waals surface area contributed by atoms with Crippen LogP contribution in [-0.4, -0.2) is 23.4 Å². The second-order valence-electron chi connectivity index (χ2n) is 6.25. The summed E-state index contributed by atoms with van der Waals surface area (Å²) in [7, 11) is 0. The molecule has 0 bridgehead atoms. The summed E-state index contributed by atoms with van der Waals surface area (Å²) >= 11 is 6.17. The molecule has 0 radical (unpaired) electrons. The van der Waals surface area contributed by atoms with E-state index < -0.39 is 11.6 Å². The van der Waals surface area contributed by atoms with Crippen molar-refractivity contribution in [2.75, 3.05) is 4.90 Å². The van der Waals surface area contributed by atoms with Gasteiger partial charge in [-0.2, -0.15) is 0 Å². The van der Waals surface area contributed by atoms with Crippen molar-refractivity contribution in [1.82, 2.24) is 5.32 Å². The van der Waals surface area contributed by atoms with Gasteiger partial charge in [0.15, 0.2) is 0 Å². The Morgan fingerprint density at radius 2 is 2.00 bits per heavy atom. The Morgan fingerprint density at radius 1 is 1.33 bits per heavy atom. The van der Waals surface area contributed by atoms with Crippen molar-refractivity contribution in [2.45, 2.75) is 45.2 Å². The smallest absolute Gasteiger partial charge is 0.253 e. The molecule has 1 aliphatic heterocycles. The van der Waals surface area contributed by atoms with E-state index in [1.807, 2.05) is 26.0 Å². The van der Waals surface area contributed by atoms with Crippen molar-refractivity contribution in [3.63, 3.8) is 0 Å². The molecule has 2 atom stereocenters. The highest BCUT2D eigenvalue weighted by atomic mass is 35.5. The highest BCUT2D eigenvalue weighted by molar-refractivity contribution is 6.31. The molecule has 0 aromatic heterocycles. The van der Waals surface area contributed by atoms with E-state index in [0.29, 0.717) is 10.7 Å². The Balaban J connectivity index is 2.03. The predicted molar refractivity (Wildman–Crippen MR) is 82.4 cm³/mol. The molecule has 1 saturated carbocycles. The van der Waals surface area contributed by atoms with Crippen LogP contribution < -0.4 is 10.2 Å². The molecule has 21 heavy (non-hydrogen) atoms. The summed E-state index contributed by atoms with van der Waals surface area (Å²) < 4.78 is 0. The first-order valence-electron chi connectivity index (χ1n) is 7.26. The van der Waals surface area contributed by atoms with Crippen LogP contribution in [0.15, 0.2) is 18.2 Å². The lowest BCUT2D eigenvalue weighted by Crippen LogP contribution is -2.69. The zero-order chi connectivity index (χ0) is 15.4. The fourth-order valence-electron chi connectivity index (χ4n) is 2.97. The third-order valence-corrected chi connectivity index (χ3v) is 5.05. The molecule has 1 N–H and O–H groups in total. The molecule has 2 aliphatic rings. The number of hydrogen-bond acceptors (Lipinski definition) is 2. The van der Waals surface area contributed by atoms with Crippen LogP contribution in [-0.2, 0) is 9.59 Å². The molecule has 3 rings (SSSR count). The molecular formula is C16H19ClN2O2. The minimum atomic E-state index is -0.791. The van der Waals surface area contributed by atoms with Crippen LogP contribution in [0.2, 0.25) is 5.02 Å². The van der Waals surface area contributed by atoms with E-state index in [0.717, 1.165) is 18.4 Å². The van der Waals surface area contributed by atoms with E-state index in [-0.39, 0.29) is 17.7 Å². The second-order valence-corrected chi connectivity index (χ2v) is 6.66. The first-order valence-corrected chi connectivity index (χ1v) is 7.64. The number of hydrogen-bond donors (Lipinski definition) is 1. The summed E-state index contributed by atoms with van der Waals surface area (Å²) in [6.45, 7) is 5.49. The van der Waals surface area contributed by atoms with E-state index in [9.17, 15) is 9.59 Å². The summed E-state index contributed by atoms with van der Waals surface area (Å²) in [4.78, 5) is 26.8. The molecule has 1 aliphatic carbocycles. The maximum absolute atomic E-state index is 12.9. The van der Waals surface area contributed by atoms with Gasteiger partial charge in [-0.25, -0.2) is 0 Å². The number of benzene rings is 1. The number of anilines is 1. The molecular weight excluding hydrogens is 288 g/mol. The van der Waals surface area contributed by atoms with Crippen molar-refractivity contribution < 1.29 is 9.59 Å². The van der Waals surface area contributed by atoms with Gasteiger partial charge >= 0.3 is 0 Å². The maximum Gasteiger partial charge on any atom is 0.253 e. The third-order valence-electron chi connectivity index (χ3n) is 4.64. The van der Waals surface area contributed by atoms with Crippen molar-refractivity contribution >= 4 is 29.1 Å². The average Bonchev–Trinajstić information content (AvgIpc) is 3.26. The van der Waals surface area contributed by atoms with Gasteiger partial charge in [0.25, 0.3) is 5.91 Å². The van der Waals surface area contributed by atoms with Crippen LogP contribution in [0.5, 0.6) is 0 Å². The zero-order valence-electron chi connectivity index (χ0n) is 12.4. The molecule has 2 amide bonds. The van der Waals surface area contributed by atoms with Crippen LogP contribution in [0, 0.1) is 12.8 Å². The van der Waals surface area contributed by atoms with Crippen molar-refractivity contribution in [2.24, 2.45) is 5.92 Å². The first-order chi connectivity index (χ1) is 9.84. The lowest BCUT2D eigenvalue weighted by molar-refractivity contribution is -0.138. The Bertz CT molecular complexity index is 627. The summed E-state index contributed by atoms with van der Waals surface area (Å²) in [5, 5.41) is 3.52. The number of amides is 2. The van der Waals surface area contributed by atoms with Gasteiger partial charge < -0.3 is 5.32 Å². The van der Waals surface area contributed by atoms with Gasteiger partial charge in [0.2, 0.25) is 5.91 Å². The Kier molecular flexibility index (Phi) is 3.24. The van der Waals surface area contributed by atoms with Crippen LogP contribution in [0.4, 0.5) is 5.69 Å². The van der Waals surface area contributed by atoms with E-state index in [2.05, 4.69) is 5.32 Å². The summed E-state index contributed by atoms with van der Waals surface area (Å²) in [6.07, 6.45) is 1.97. The van der Waals surface area contributed by atoms with E-state index in [1.165, 1.54) is 0 Å². The molecule has 0 spiro atoms. The number of carbonyl (C=O) groups is 2. The van der Waals surface area contributed by atoms with Crippen LogP contribution in [0.25, 0.3) is 0 Å². The molecule has 2 unspecified atom stereocenters. The van der Waals surface area contributed by atoms with Gasteiger partial charge in [0.05, 0.1) is 0 Å². The highest BCUT2D eigenvalue weighted by Crippen LogP contribution is 2.43. The van der Waals surface area contributed by atoms with Gasteiger partial charge in [0, 0.05) is 10.7 Å². The second kappa shape index (κ2) is 4.73. The van der Waals surface area contributed by atoms with Crippen LogP contribution in [0.3, 0.4) is 0 Å². The number of nitrogens with zero attached hydrogens (tertiary/aromatic N) is 1. The fourth-order valence-corrected chi connectivity index (χ4v) is 3.14. The SMILES string of the molecule is Cc1ccc(N2C(=O)C(C)(C3CC3)NC(=O)C2C)cc1Cl. The Labute approximate surface area is 129 Å². The standard InChI is InChI=1S/C16H19ClN2O2/c1-9-4-7-12(8-13(9)17)19-10(2)14(20)18-16(3,15(19)21)11-5-6-11/h4,7-8,10-11H,5-6H2,1-3H3,(H,18,20). The monoisotopic (exact) mass is 306 g/mol. The molecule has 112 valence electrons. The van der Waals surface area contributed by atoms with E-state index in [4.69, 9.17) is 11.6 Å². The average molecular weight is 307 g/mol. The van der Waals surface area contributed by atoms with Gasteiger partial charge in [0.1, 0.15) is 11.6 Å². The fraction of sp³-hybridized carbons (Fsp3) is 0.500. The summed E-state index contributed by atoms with van der Waals surface area (Å²) in [6, 6.07) is 4.96. The minimum Gasteiger partial charge on any atom is -0.340 e. The minimum absolute atomic E-state index is 0.0444. The topological polar surface area (TPSA) is 49.4 Å². The van der Waals surface area contributed by atoms with Gasteiger partial charge in [-0.1, -0.05) is 17.7 Å². The largest absolute Gasteiger partial charge is 0.340 e. The lowest BCUT2D eigenvalue weighted by Gasteiger charge is -2.43. The maximum atomic E-state index is 12.9. The van der Waals surface area contributed by atoms with Gasteiger partial charge in [-0.15, -0.1) is 0 Å². The van der Waals surface area contributed by atoms with Crippen molar-refractivity contribution in [3.8, 4) is 0 Å². The number of aryl methyl sites for hydroxylation is 1. The van der Waals surface area contributed by atoms with Crippen LogP contribution >= 0.6 is 11.6 Å². The molecule has 1 saturated heterocycles. The van der Waals surface area contributed by atoms with Gasteiger partial charge in [-0.05, 0) is 57.2 Å². The summed E-state index contributed by atoms with van der Waals surface area (Å²) in [5.41, 5.74) is 0.845. The molecule has 1 heterocycles. The number of rotatable bonds is 2. The number of halogens is 1. The predicted octanol–water partition coefficient (Wildman–Crippen LogP) is 2.67. The molecule has 1 aromatic rings. The lowest BCUT2D eigenvalue weighted by atomic mass is 9.89. The quantitative estimate of drug-likeness (QED) is 0.913. The summed E-state index contributed by atoms with van der Waals surface area (Å²) in [5.74, 6) is 0.0857. The molecule has 2 fully saturated rings. The van der Waals surface area contributed by atoms with E-state index >= 15 is 0 Å². The van der Waals surface area contributed by atoms with Gasteiger partial charge in [-0.3, -0.25) is 14.5 Å². The Morgan fingerprint density at radius 3 is 2.57 bits per heavy atom. The first kappa shape index (κ1) is 14.4. The molecule has 5 heteroatoms. The normalized spacial score (nSPS) is 29.5. The Hall–Kier alpha value is -1.55. The highest BCUT2D eigenvalue weighted by Gasteiger charge is 2.54. The number of nitrogens with one attached hydrogen (secondary N) is 1. The number of carbonyl (C=O) groups excluding carboxylic acids is 2. The zero-order valence-corrected chi connectivity index (χ0v) is 13.2.